The molecule has 0 bridgehead atoms. The first-order valence-electron chi connectivity index (χ1n) is 8.08. The fourth-order valence-electron chi connectivity index (χ4n) is 2.51. The first-order valence-corrected chi connectivity index (χ1v) is 9.16. The molecule has 0 radical (unpaired) electrons. The van der Waals surface area contributed by atoms with Crippen LogP contribution in [-0.2, 0) is 11.2 Å². The molecule has 0 saturated heterocycles. The Morgan fingerprint density at radius 2 is 1.93 bits per heavy atom. The van der Waals surface area contributed by atoms with E-state index in [1.165, 1.54) is 12.1 Å². The molecule has 1 atom stereocenters. The number of nitro groups is 1. The number of rotatable bonds is 8. The molecular weight excluding hydrogens is 478 g/mol. The molecule has 0 heterocycles. The molecule has 0 aromatic heterocycles. The Hall–Kier alpha value is -1.88. The van der Waals surface area contributed by atoms with Gasteiger partial charge in [-0.15, -0.1) is 0 Å². The second-order valence-electron chi connectivity index (χ2n) is 5.74. The van der Waals surface area contributed by atoms with Crippen LogP contribution in [0.2, 0.25) is 0 Å². The highest BCUT2D eigenvalue weighted by atomic mass is 127. The van der Waals surface area contributed by atoms with Crippen LogP contribution in [-0.4, -0.2) is 24.2 Å². The zero-order valence-corrected chi connectivity index (χ0v) is 16.8. The average Bonchev–Trinajstić information content (AvgIpc) is 2.59. The lowest BCUT2D eigenvalue weighted by atomic mass is 10.0. The van der Waals surface area contributed by atoms with Crippen molar-refractivity contribution in [2.24, 2.45) is 0 Å². The van der Waals surface area contributed by atoms with Gasteiger partial charge in [0.2, 0.25) is 5.75 Å². The highest BCUT2D eigenvalue weighted by Crippen LogP contribution is 2.36. The molecule has 1 unspecified atom stereocenters. The van der Waals surface area contributed by atoms with E-state index in [0.29, 0.717) is 16.2 Å². The van der Waals surface area contributed by atoms with Crippen LogP contribution in [0.15, 0.2) is 24.3 Å². The SMILES string of the molecule is CCOC(C)COc1cc(F)c(F)c(Cc2ccc(I)cc2F)c1[N+](=O)[O-]. The van der Waals surface area contributed by atoms with Gasteiger partial charge in [-0.3, -0.25) is 10.1 Å². The molecule has 5 nitrogen and oxygen atoms in total. The molecule has 0 fully saturated rings. The maximum atomic E-state index is 14.3. The molecule has 0 aliphatic heterocycles. The topological polar surface area (TPSA) is 61.6 Å². The van der Waals surface area contributed by atoms with Crippen LogP contribution in [0, 0.1) is 31.1 Å². The van der Waals surface area contributed by atoms with Gasteiger partial charge in [0.25, 0.3) is 0 Å². The minimum absolute atomic E-state index is 0.0108. The number of nitrogens with zero attached hydrogens (tertiary/aromatic N) is 1. The predicted octanol–water partition coefficient (Wildman–Crippen LogP) is 5.01. The van der Waals surface area contributed by atoms with Crippen LogP contribution >= 0.6 is 22.6 Å². The van der Waals surface area contributed by atoms with Crippen LogP contribution < -0.4 is 4.74 Å². The van der Waals surface area contributed by atoms with Crippen molar-refractivity contribution in [3.8, 4) is 5.75 Å². The Kier molecular flexibility index (Phi) is 7.42. The number of hydrogen-bond acceptors (Lipinski definition) is 4. The lowest BCUT2D eigenvalue weighted by Crippen LogP contribution is -2.19. The number of ether oxygens (including phenoxy) is 2. The van der Waals surface area contributed by atoms with Crippen molar-refractivity contribution < 1.29 is 27.6 Å². The van der Waals surface area contributed by atoms with Gasteiger partial charge in [-0.2, -0.15) is 0 Å². The van der Waals surface area contributed by atoms with Crippen molar-refractivity contribution >= 4 is 28.3 Å². The fourth-order valence-corrected chi connectivity index (χ4v) is 2.96. The van der Waals surface area contributed by atoms with Gasteiger partial charge in [-0.25, -0.2) is 13.2 Å². The summed E-state index contributed by atoms with van der Waals surface area (Å²) in [5.74, 6) is -3.79. The minimum Gasteiger partial charge on any atom is -0.484 e. The van der Waals surface area contributed by atoms with Crippen LogP contribution in [0.5, 0.6) is 5.75 Å². The molecule has 0 spiro atoms. The molecule has 2 rings (SSSR count). The van der Waals surface area contributed by atoms with Gasteiger partial charge in [0.15, 0.2) is 11.6 Å². The first kappa shape index (κ1) is 21.4. The summed E-state index contributed by atoms with van der Waals surface area (Å²) < 4.78 is 53.6. The van der Waals surface area contributed by atoms with Crippen molar-refractivity contribution in [2.45, 2.75) is 26.4 Å². The van der Waals surface area contributed by atoms with Gasteiger partial charge in [-0.1, -0.05) is 6.07 Å². The summed E-state index contributed by atoms with van der Waals surface area (Å²) in [6, 6.07) is 4.78. The van der Waals surface area contributed by atoms with Crippen LogP contribution in [0.4, 0.5) is 18.9 Å². The molecule has 146 valence electrons. The molecule has 27 heavy (non-hydrogen) atoms. The monoisotopic (exact) mass is 495 g/mol. The van der Waals surface area contributed by atoms with E-state index in [9.17, 15) is 23.3 Å². The molecule has 0 aliphatic carbocycles. The van der Waals surface area contributed by atoms with E-state index >= 15 is 0 Å². The second kappa shape index (κ2) is 9.36. The maximum absolute atomic E-state index is 14.3. The van der Waals surface area contributed by atoms with E-state index in [1.54, 1.807) is 19.9 Å². The van der Waals surface area contributed by atoms with Gasteiger partial charge in [-0.05, 0) is 54.1 Å². The van der Waals surface area contributed by atoms with E-state index in [1.807, 2.05) is 22.6 Å². The highest BCUT2D eigenvalue weighted by Gasteiger charge is 2.29. The molecule has 0 amide bonds. The van der Waals surface area contributed by atoms with Gasteiger partial charge >= 0.3 is 5.69 Å². The minimum atomic E-state index is -1.40. The lowest BCUT2D eigenvalue weighted by Gasteiger charge is -2.15. The normalized spacial score (nSPS) is 12.1. The quantitative estimate of drug-likeness (QED) is 0.294. The van der Waals surface area contributed by atoms with Crippen LogP contribution in [0.25, 0.3) is 0 Å². The van der Waals surface area contributed by atoms with E-state index in [0.717, 1.165) is 0 Å². The van der Waals surface area contributed by atoms with Crippen molar-refractivity contribution in [1.82, 2.24) is 0 Å². The average molecular weight is 495 g/mol. The Bertz CT molecular complexity index is 848. The summed E-state index contributed by atoms with van der Waals surface area (Å²) in [6.07, 6.45) is -0.889. The zero-order chi connectivity index (χ0) is 20.1. The predicted molar refractivity (Wildman–Crippen MR) is 102 cm³/mol. The number of nitro benzene ring substituents is 1. The van der Waals surface area contributed by atoms with Crippen molar-refractivity contribution in [3.05, 3.63) is 66.5 Å². The van der Waals surface area contributed by atoms with Gasteiger partial charge in [0, 0.05) is 22.7 Å². The molecule has 0 saturated carbocycles. The van der Waals surface area contributed by atoms with Gasteiger partial charge in [0.05, 0.1) is 16.6 Å². The smallest absolute Gasteiger partial charge is 0.317 e. The zero-order valence-electron chi connectivity index (χ0n) is 14.6. The summed E-state index contributed by atoms with van der Waals surface area (Å²) in [5, 5.41) is 11.5. The summed E-state index contributed by atoms with van der Waals surface area (Å²) in [6.45, 7) is 3.76. The number of benzene rings is 2. The van der Waals surface area contributed by atoms with Crippen molar-refractivity contribution in [1.29, 1.82) is 0 Å². The number of hydrogen-bond donors (Lipinski definition) is 0. The molecule has 0 N–H and O–H groups in total. The highest BCUT2D eigenvalue weighted by molar-refractivity contribution is 14.1. The summed E-state index contributed by atoms with van der Waals surface area (Å²) in [7, 11) is 0. The van der Waals surface area contributed by atoms with Crippen LogP contribution in [0.3, 0.4) is 0 Å². The number of halogens is 4. The van der Waals surface area contributed by atoms with Crippen LogP contribution in [0.1, 0.15) is 25.0 Å². The van der Waals surface area contributed by atoms with Crippen molar-refractivity contribution in [3.63, 3.8) is 0 Å². The molecule has 9 heteroatoms. The van der Waals surface area contributed by atoms with E-state index in [2.05, 4.69) is 0 Å². The molecule has 2 aromatic carbocycles. The third kappa shape index (κ3) is 5.32. The Balaban J connectivity index is 2.47. The third-order valence-corrected chi connectivity index (χ3v) is 4.41. The van der Waals surface area contributed by atoms with E-state index < -0.39 is 51.9 Å². The lowest BCUT2D eigenvalue weighted by molar-refractivity contribution is -0.386. The Morgan fingerprint density at radius 3 is 2.52 bits per heavy atom. The first-order chi connectivity index (χ1) is 12.7. The molecule has 2 aromatic rings. The third-order valence-electron chi connectivity index (χ3n) is 3.74. The van der Waals surface area contributed by atoms with E-state index in [-0.39, 0.29) is 12.2 Å². The Labute approximate surface area is 167 Å². The Morgan fingerprint density at radius 1 is 1.22 bits per heavy atom. The summed E-state index contributed by atoms with van der Waals surface area (Å²) in [4.78, 5) is 10.7. The molecule has 0 aliphatic rings. The fraction of sp³-hybridized carbons (Fsp3) is 0.333. The van der Waals surface area contributed by atoms with Gasteiger partial charge in [0.1, 0.15) is 12.4 Å². The molecular formula is C18H17F3INO4. The summed E-state index contributed by atoms with van der Waals surface area (Å²) in [5.41, 5.74) is -1.29. The standard InChI is InChI=1S/C18H17F3INO4/c1-3-26-10(2)9-27-16-8-15(20)17(21)13(18(16)23(24)25)6-11-4-5-12(22)7-14(11)19/h4-5,7-8,10H,3,6,9H2,1-2H3. The summed E-state index contributed by atoms with van der Waals surface area (Å²) >= 11 is 1.90. The van der Waals surface area contributed by atoms with Crippen molar-refractivity contribution in [2.75, 3.05) is 13.2 Å². The van der Waals surface area contributed by atoms with Gasteiger partial charge < -0.3 is 9.47 Å². The second-order valence-corrected chi connectivity index (χ2v) is 6.99. The van der Waals surface area contributed by atoms with E-state index in [4.69, 9.17) is 9.47 Å². The largest absolute Gasteiger partial charge is 0.484 e. The maximum Gasteiger partial charge on any atom is 0.317 e.